The minimum Gasteiger partial charge on any atom is -0.308 e. The van der Waals surface area contributed by atoms with Crippen LogP contribution in [0.4, 0.5) is 17.1 Å². The highest BCUT2D eigenvalue weighted by Gasteiger charge is 2.47. The molecule has 0 saturated heterocycles. The summed E-state index contributed by atoms with van der Waals surface area (Å²) in [5.74, 6) is 0. The highest BCUT2D eigenvalue weighted by atomic mass is 32.1. The summed E-state index contributed by atoms with van der Waals surface area (Å²) in [5.41, 5.74) is 13.1. The fourth-order valence-electron chi connectivity index (χ4n) is 10.5. The highest BCUT2D eigenvalue weighted by Crippen LogP contribution is 2.60. The van der Waals surface area contributed by atoms with Gasteiger partial charge in [0.2, 0.25) is 0 Å². The Morgan fingerprint density at radius 1 is 0.339 bits per heavy atom. The Bertz CT molecular complexity index is 3650. The van der Waals surface area contributed by atoms with Gasteiger partial charge >= 0.3 is 0 Å². The molecule has 0 aliphatic heterocycles. The van der Waals surface area contributed by atoms with Crippen LogP contribution in [0.5, 0.6) is 0 Å². The smallest absolute Gasteiger partial charge is 0.0714 e. The van der Waals surface area contributed by atoms with Crippen molar-refractivity contribution < 1.29 is 0 Å². The van der Waals surface area contributed by atoms with E-state index in [0.29, 0.717) is 0 Å². The van der Waals surface area contributed by atoms with Crippen molar-refractivity contribution in [2.75, 3.05) is 4.90 Å². The van der Waals surface area contributed by atoms with Crippen LogP contribution < -0.4 is 4.90 Å². The fraction of sp³-hybridized carbons (Fsp3) is 0.0169. The number of nitrogens with zero attached hydrogens (tertiary/aromatic N) is 1. The molecule has 10 aromatic carbocycles. The molecule has 290 valence electrons. The maximum atomic E-state index is 2.54. The summed E-state index contributed by atoms with van der Waals surface area (Å²) in [6, 6.07) is 83.4. The first-order valence-electron chi connectivity index (χ1n) is 21.3. The molecule has 1 aliphatic carbocycles. The van der Waals surface area contributed by atoms with Crippen molar-refractivity contribution in [3.8, 4) is 22.3 Å². The predicted octanol–water partition coefficient (Wildman–Crippen LogP) is 17.1. The quantitative estimate of drug-likeness (QED) is 0.161. The Balaban J connectivity index is 1.06. The standard InChI is InChI=1S/C59H37NS2/c1-3-17-40(18-4-1)59(41-19-5-2-6-20-41)50-27-11-9-23-49(50)55-51(59)28-15-29-52(55)60(53-30-14-26-46-45-22-10-12-31-54(45)61-58(46)53)42-35-32-39(33-36-42)44-24-13-25-47-48-37-34-38-16-7-8-21-43(38)57(48)62-56(44)47/h1-37H. The van der Waals surface area contributed by atoms with Crippen LogP contribution in [0, 0.1) is 0 Å². The van der Waals surface area contributed by atoms with E-state index in [0.717, 1.165) is 5.69 Å². The SMILES string of the molecule is c1ccc(C2(c3ccccc3)c3ccccc3-c3c(N(c4ccc(-c5cccc6c5sc5c7ccccc7ccc65)cc4)c4cccc5c4sc4ccccc45)cccc32)cc1. The van der Waals surface area contributed by atoms with E-state index in [1.54, 1.807) is 0 Å². The van der Waals surface area contributed by atoms with Crippen molar-refractivity contribution in [3.05, 3.63) is 247 Å². The van der Waals surface area contributed by atoms with Crippen LogP contribution >= 0.6 is 22.7 Å². The summed E-state index contributed by atoms with van der Waals surface area (Å²) in [6.45, 7) is 0. The molecule has 1 nitrogen and oxygen atoms in total. The molecule has 0 amide bonds. The van der Waals surface area contributed by atoms with Gasteiger partial charge in [0.25, 0.3) is 0 Å². The minimum absolute atomic E-state index is 0.502. The third-order valence-corrected chi connectivity index (χ3v) is 15.6. The van der Waals surface area contributed by atoms with Crippen molar-refractivity contribution >= 4 is 90.9 Å². The number of fused-ring (bicyclic) bond motifs is 11. The predicted molar refractivity (Wildman–Crippen MR) is 267 cm³/mol. The monoisotopic (exact) mass is 823 g/mol. The summed E-state index contributed by atoms with van der Waals surface area (Å²) in [5, 5.41) is 7.82. The minimum atomic E-state index is -0.502. The van der Waals surface area contributed by atoms with Gasteiger partial charge in [-0.2, -0.15) is 0 Å². The lowest BCUT2D eigenvalue weighted by Crippen LogP contribution is -2.28. The van der Waals surface area contributed by atoms with E-state index >= 15 is 0 Å². The van der Waals surface area contributed by atoms with Gasteiger partial charge in [0.1, 0.15) is 0 Å². The third kappa shape index (κ3) is 5.07. The largest absolute Gasteiger partial charge is 0.308 e. The van der Waals surface area contributed by atoms with Crippen molar-refractivity contribution in [1.82, 2.24) is 0 Å². The Morgan fingerprint density at radius 3 is 1.73 bits per heavy atom. The van der Waals surface area contributed by atoms with Gasteiger partial charge in [-0.05, 0) is 80.0 Å². The van der Waals surface area contributed by atoms with Gasteiger partial charge in [-0.1, -0.05) is 194 Å². The van der Waals surface area contributed by atoms with E-state index in [1.165, 1.54) is 107 Å². The Morgan fingerprint density at radius 2 is 0.919 bits per heavy atom. The van der Waals surface area contributed by atoms with Crippen molar-refractivity contribution in [2.45, 2.75) is 5.41 Å². The summed E-state index contributed by atoms with van der Waals surface area (Å²) in [6.07, 6.45) is 0. The molecule has 0 N–H and O–H groups in total. The van der Waals surface area contributed by atoms with Crippen molar-refractivity contribution in [3.63, 3.8) is 0 Å². The van der Waals surface area contributed by atoms with Gasteiger partial charge in [-0.3, -0.25) is 0 Å². The normalized spacial score (nSPS) is 13.0. The summed E-state index contributed by atoms with van der Waals surface area (Å²) in [4.78, 5) is 2.54. The van der Waals surface area contributed by atoms with Gasteiger partial charge in [0.05, 0.1) is 21.5 Å². The van der Waals surface area contributed by atoms with Crippen molar-refractivity contribution in [1.29, 1.82) is 0 Å². The summed E-state index contributed by atoms with van der Waals surface area (Å²) in [7, 11) is 0. The number of benzene rings is 10. The van der Waals surface area contributed by atoms with Crippen LogP contribution in [0.15, 0.2) is 224 Å². The highest BCUT2D eigenvalue weighted by molar-refractivity contribution is 7.27. The molecule has 1 aliphatic rings. The Labute approximate surface area is 368 Å². The van der Waals surface area contributed by atoms with Crippen LogP contribution in [0.3, 0.4) is 0 Å². The molecule has 0 unspecified atom stereocenters. The fourth-order valence-corrected chi connectivity index (χ4v) is 13.1. The zero-order valence-electron chi connectivity index (χ0n) is 33.6. The molecular weight excluding hydrogens is 787 g/mol. The molecule has 0 spiro atoms. The van der Waals surface area contributed by atoms with E-state index in [-0.39, 0.29) is 0 Å². The van der Waals surface area contributed by atoms with Crippen LogP contribution in [0.1, 0.15) is 22.3 Å². The van der Waals surface area contributed by atoms with Crippen molar-refractivity contribution in [2.24, 2.45) is 0 Å². The van der Waals surface area contributed by atoms with Gasteiger partial charge < -0.3 is 4.90 Å². The molecule has 13 rings (SSSR count). The maximum Gasteiger partial charge on any atom is 0.0714 e. The van der Waals surface area contributed by atoms with Crippen LogP contribution in [-0.2, 0) is 5.41 Å². The maximum absolute atomic E-state index is 2.54. The summed E-state index contributed by atoms with van der Waals surface area (Å²) < 4.78 is 5.26. The second-order valence-corrected chi connectivity index (χ2v) is 18.4. The molecule has 0 fully saturated rings. The number of hydrogen-bond acceptors (Lipinski definition) is 3. The zero-order valence-corrected chi connectivity index (χ0v) is 35.3. The van der Waals surface area contributed by atoms with E-state index in [2.05, 4.69) is 229 Å². The number of hydrogen-bond donors (Lipinski definition) is 0. The van der Waals surface area contributed by atoms with Crippen LogP contribution in [-0.4, -0.2) is 0 Å². The lowest BCUT2D eigenvalue weighted by molar-refractivity contribution is 0.768. The number of anilines is 3. The van der Waals surface area contributed by atoms with Gasteiger partial charge in [-0.15, -0.1) is 22.7 Å². The average Bonchev–Trinajstić information content (AvgIpc) is 4.02. The molecule has 2 heterocycles. The Kier molecular flexibility index (Phi) is 7.93. The van der Waals surface area contributed by atoms with E-state index < -0.39 is 5.41 Å². The number of thiophene rings is 2. The lowest BCUT2D eigenvalue weighted by Gasteiger charge is -2.34. The van der Waals surface area contributed by atoms with E-state index in [4.69, 9.17) is 0 Å². The average molecular weight is 824 g/mol. The number of rotatable bonds is 6. The molecule has 0 bridgehead atoms. The molecule has 2 aromatic heterocycles. The molecule has 3 heteroatoms. The van der Waals surface area contributed by atoms with Gasteiger partial charge in [-0.25, -0.2) is 0 Å². The topological polar surface area (TPSA) is 3.24 Å². The van der Waals surface area contributed by atoms with E-state index in [9.17, 15) is 0 Å². The molecular formula is C59H37NS2. The van der Waals surface area contributed by atoms with Crippen LogP contribution in [0.25, 0.3) is 73.4 Å². The first kappa shape index (κ1) is 35.5. The molecule has 0 atom stereocenters. The first-order chi connectivity index (χ1) is 30.8. The molecule has 62 heavy (non-hydrogen) atoms. The Hall–Kier alpha value is -7.30. The second kappa shape index (κ2) is 13.9. The summed E-state index contributed by atoms with van der Waals surface area (Å²) >= 11 is 3.80. The molecule has 12 aromatic rings. The molecule has 0 radical (unpaired) electrons. The van der Waals surface area contributed by atoms with E-state index in [1.807, 2.05) is 22.7 Å². The molecule has 0 saturated carbocycles. The zero-order chi connectivity index (χ0) is 40.8. The lowest BCUT2D eigenvalue weighted by atomic mass is 9.68. The van der Waals surface area contributed by atoms with Gasteiger partial charge in [0, 0.05) is 46.9 Å². The first-order valence-corrected chi connectivity index (χ1v) is 22.9. The third-order valence-electron chi connectivity index (χ3n) is 13.2. The van der Waals surface area contributed by atoms with Gasteiger partial charge in [0.15, 0.2) is 0 Å². The van der Waals surface area contributed by atoms with Crippen LogP contribution in [0.2, 0.25) is 0 Å². The second-order valence-electron chi connectivity index (χ2n) is 16.3.